The highest BCUT2D eigenvalue weighted by atomic mass is 16.5. The zero-order valence-electron chi connectivity index (χ0n) is 13.2. The minimum absolute atomic E-state index is 0.440. The lowest BCUT2D eigenvalue weighted by Crippen LogP contribution is -2.10. The summed E-state index contributed by atoms with van der Waals surface area (Å²) in [7, 11) is 1.71. The van der Waals surface area contributed by atoms with Crippen molar-refractivity contribution in [1.82, 2.24) is 4.57 Å². The van der Waals surface area contributed by atoms with Gasteiger partial charge in [0.25, 0.3) is 0 Å². The van der Waals surface area contributed by atoms with Gasteiger partial charge in [-0.1, -0.05) is 13.8 Å². The second-order valence-electron chi connectivity index (χ2n) is 5.90. The Bertz CT molecular complexity index is 597. The van der Waals surface area contributed by atoms with Gasteiger partial charge in [-0.25, -0.2) is 0 Å². The van der Waals surface area contributed by atoms with Crippen LogP contribution in [0.25, 0.3) is 10.9 Å². The molecule has 20 heavy (non-hydrogen) atoms. The first-order chi connectivity index (χ1) is 9.51. The van der Waals surface area contributed by atoms with E-state index in [-0.39, 0.29) is 0 Å². The van der Waals surface area contributed by atoms with E-state index < -0.39 is 0 Å². The van der Waals surface area contributed by atoms with Crippen LogP contribution >= 0.6 is 0 Å². The first kappa shape index (κ1) is 14.9. The van der Waals surface area contributed by atoms with Crippen molar-refractivity contribution in [2.24, 2.45) is 5.73 Å². The van der Waals surface area contributed by atoms with E-state index in [1.807, 2.05) is 6.07 Å². The van der Waals surface area contributed by atoms with Crippen LogP contribution in [-0.2, 0) is 6.42 Å². The van der Waals surface area contributed by atoms with Crippen molar-refractivity contribution in [2.45, 2.75) is 46.1 Å². The summed E-state index contributed by atoms with van der Waals surface area (Å²) in [5.74, 6) is 1.39. The van der Waals surface area contributed by atoms with E-state index >= 15 is 0 Å². The van der Waals surface area contributed by atoms with Crippen molar-refractivity contribution in [3.63, 3.8) is 0 Å². The maximum Gasteiger partial charge on any atom is 0.119 e. The Morgan fingerprint density at radius 2 is 1.90 bits per heavy atom. The summed E-state index contributed by atoms with van der Waals surface area (Å²) in [4.78, 5) is 0. The lowest BCUT2D eigenvalue weighted by atomic mass is 10.0. The first-order valence-corrected chi connectivity index (χ1v) is 7.42. The summed E-state index contributed by atoms with van der Waals surface area (Å²) in [6.45, 7) is 9.66. The highest BCUT2D eigenvalue weighted by molar-refractivity contribution is 5.87. The topological polar surface area (TPSA) is 40.2 Å². The maximum absolute atomic E-state index is 5.84. The molecule has 0 aliphatic carbocycles. The van der Waals surface area contributed by atoms with Crippen molar-refractivity contribution in [2.75, 3.05) is 13.7 Å². The van der Waals surface area contributed by atoms with Crippen molar-refractivity contribution in [3.05, 3.63) is 29.5 Å². The Morgan fingerprint density at radius 1 is 1.20 bits per heavy atom. The molecule has 2 N–H and O–H groups in total. The lowest BCUT2D eigenvalue weighted by Gasteiger charge is -2.18. The van der Waals surface area contributed by atoms with Crippen molar-refractivity contribution >= 4 is 10.9 Å². The molecule has 0 saturated heterocycles. The zero-order chi connectivity index (χ0) is 14.9. The molecule has 3 heteroatoms. The van der Waals surface area contributed by atoms with Crippen LogP contribution in [0, 0.1) is 0 Å². The minimum atomic E-state index is 0.440. The third-order valence-corrected chi connectivity index (χ3v) is 3.81. The molecule has 0 unspecified atom stereocenters. The summed E-state index contributed by atoms with van der Waals surface area (Å²) >= 11 is 0. The summed E-state index contributed by atoms with van der Waals surface area (Å²) in [6, 6.07) is 6.79. The number of aromatic nitrogens is 1. The molecular formula is C17H26N2O. The van der Waals surface area contributed by atoms with Crippen molar-refractivity contribution in [1.29, 1.82) is 0 Å². The molecule has 1 aromatic carbocycles. The first-order valence-electron chi connectivity index (χ1n) is 7.42. The molecule has 1 heterocycles. The highest BCUT2D eigenvalue weighted by Crippen LogP contribution is 2.35. The minimum Gasteiger partial charge on any atom is -0.497 e. The van der Waals surface area contributed by atoms with Crippen LogP contribution in [0.1, 0.15) is 50.9 Å². The number of hydrogen-bond acceptors (Lipinski definition) is 2. The van der Waals surface area contributed by atoms with Crippen LogP contribution in [0.4, 0.5) is 0 Å². The predicted octanol–water partition coefficient (Wildman–Crippen LogP) is 3.86. The van der Waals surface area contributed by atoms with Gasteiger partial charge in [0.1, 0.15) is 5.75 Å². The number of nitrogens with zero attached hydrogens (tertiary/aromatic N) is 1. The number of ether oxygens (including phenoxy) is 1. The third kappa shape index (κ3) is 2.42. The van der Waals surface area contributed by atoms with Crippen LogP contribution in [0.15, 0.2) is 18.2 Å². The molecule has 1 aromatic heterocycles. The number of fused-ring (bicyclic) bond motifs is 1. The molecular weight excluding hydrogens is 248 g/mol. The van der Waals surface area contributed by atoms with Gasteiger partial charge < -0.3 is 15.0 Å². The molecule has 0 amide bonds. The molecule has 0 fully saturated rings. The molecule has 110 valence electrons. The number of methoxy groups -OCH3 is 1. The Kier molecular flexibility index (Phi) is 4.39. The maximum atomic E-state index is 5.84. The fraction of sp³-hybridized carbons (Fsp3) is 0.529. The molecule has 0 spiro atoms. The van der Waals surface area contributed by atoms with Gasteiger partial charge in [-0.3, -0.25) is 0 Å². The van der Waals surface area contributed by atoms with E-state index in [0.29, 0.717) is 18.5 Å². The Balaban J connectivity index is 2.82. The second kappa shape index (κ2) is 5.88. The van der Waals surface area contributed by atoms with E-state index in [1.54, 1.807) is 7.11 Å². The molecule has 0 bridgehead atoms. The third-order valence-electron chi connectivity index (χ3n) is 3.81. The number of rotatable bonds is 5. The Labute approximate surface area is 121 Å². The number of nitrogens with two attached hydrogens (primary N) is 1. The lowest BCUT2D eigenvalue weighted by molar-refractivity contribution is 0.415. The van der Waals surface area contributed by atoms with Gasteiger partial charge in [-0.2, -0.15) is 0 Å². The molecule has 0 aliphatic rings. The van der Waals surface area contributed by atoms with Gasteiger partial charge in [-0.05, 0) is 56.5 Å². The molecule has 0 atom stereocenters. The van der Waals surface area contributed by atoms with E-state index in [4.69, 9.17) is 10.5 Å². The van der Waals surface area contributed by atoms with E-state index in [1.165, 1.54) is 22.2 Å². The summed E-state index contributed by atoms with van der Waals surface area (Å²) in [5.41, 5.74) is 9.91. The van der Waals surface area contributed by atoms with Crippen LogP contribution < -0.4 is 10.5 Å². The molecule has 3 nitrogen and oxygen atoms in total. The summed E-state index contributed by atoms with van der Waals surface area (Å²) < 4.78 is 7.83. The molecule has 0 aliphatic heterocycles. The van der Waals surface area contributed by atoms with Gasteiger partial charge in [0, 0.05) is 22.6 Å². The van der Waals surface area contributed by atoms with Gasteiger partial charge in [0.15, 0.2) is 0 Å². The monoisotopic (exact) mass is 274 g/mol. The summed E-state index contributed by atoms with van der Waals surface area (Å²) in [5, 5.41) is 1.28. The molecule has 2 aromatic rings. The zero-order valence-corrected chi connectivity index (χ0v) is 13.2. The predicted molar refractivity (Wildman–Crippen MR) is 85.7 cm³/mol. The largest absolute Gasteiger partial charge is 0.497 e. The average Bonchev–Trinajstić information content (AvgIpc) is 2.73. The van der Waals surface area contributed by atoms with Crippen LogP contribution in [-0.4, -0.2) is 18.2 Å². The molecule has 0 saturated carbocycles. The van der Waals surface area contributed by atoms with Gasteiger partial charge >= 0.3 is 0 Å². The van der Waals surface area contributed by atoms with Crippen LogP contribution in [0.2, 0.25) is 0 Å². The van der Waals surface area contributed by atoms with E-state index in [2.05, 4.69) is 44.4 Å². The number of hydrogen-bond donors (Lipinski definition) is 1. The molecule has 0 radical (unpaired) electrons. The molecule has 2 rings (SSSR count). The summed E-state index contributed by atoms with van der Waals surface area (Å²) in [6.07, 6.45) is 0.914. The van der Waals surface area contributed by atoms with Gasteiger partial charge in [-0.15, -0.1) is 0 Å². The Hall–Kier alpha value is -1.48. The normalized spacial score (nSPS) is 11.8. The van der Waals surface area contributed by atoms with E-state index in [9.17, 15) is 0 Å². The van der Waals surface area contributed by atoms with E-state index in [0.717, 1.165) is 12.2 Å². The standard InChI is InChI=1S/C17H26N2O/c1-11(2)17-14(8-9-18)15-10-13(20-5)6-7-16(15)19(17)12(3)4/h6-7,10-12H,8-9,18H2,1-5H3. The highest BCUT2D eigenvalue weighted by Gasteiger charge is 2.20. The smallest absolute Gasteiger partial charge is 0.119 e. The van der Waals surface area contributed by atoms with Crippen LogP contribution in [0.5, 0.6) is 5.75 Å². The Morgan fingerprint density at radius 3 is 2.40 bits per heavy atom. The van der Waals surface area contributed by atoms with Crippen LogP contribution in [0.3, 0.4) is 0 Å². The quantitative estimate of drug-likeness (QED) is 0.899. The second-order valence-corrected chi connectivity index (χ2v) is 5.90. The average molecular weight is 274 g/mol. The van der Waals surface area contributed by atoms with Gasteiger partial charge in [0.05, 0.1) is 7.11 Å². The van der Waals surface area contributed by atoms with Gasteiger partial charge in [0.2, 0.25) is 0 Å². The van der Waals surface area contributed by atoms with Crippen molar-refractivity contribution in [3.8, 4) is 5.75 Å². The van der Waals surface area contributed by atoms with Crippen molar-refractivity contribution < 1.29 is 4.74 Å². The fourth-order valence-electron chi connectivity index (χ4n) is 3.10. The SMILES string of the molecule is COc1ccc2c(c1)c(CCN)c(C(C)C)n2C(C)C. The fourth-order valence-corrected chi connectivity index (χ4v) is 3.10. The number of benzene rings is 1.